The minimum atomic E-state index is -0.496. The lowest BCUT2D eigenvalue weighted by molar-refractivity contribution is -0.150. The second-order valence-corrected chi connectivity index (χ2v) is 3.91. The first kappa shape index (κ1) is 14.1. The highest BCUT2D eigenvalue weighted by atomic mass is 16.7. The van der Waals surface area contributed by atoms with Gasteiger partial charge in [0.2, 0.25) is 6.61 Å². The molecule has 0 saturated heterocycles. The number of fused-ring (bicyclic) bond motifs is 1. The Morgan fingerprint density at radius 1 is 1.35 bits per heavy atom. The predicted octanol–water partition coefficient (Wildman–Crippen LogP) is 1.97. The zero-order valence-electron chi connectivity index (χ0n) is 11.1. The van der Waals surface area contributed by atoms with Gasteiger partial charge in [-0.1, -0.05) is 23.4 Å². The summed E-state index contributed by atoms with van der Waals surface area (Å²) in [7, 11) is 1.53. The number of benzene rings is 1. The summed E-state index contributed by atoms with van der Waals surface area (Å²) in [6, 6.07) is 9.44. The van der Waals surface area contributed by atoms with Crippen molar-refractivity contribution in [3.63, 3.8) is 0 Å². The molecule has 0 saturated carbocycles. The number of rotatable bonds is 7. The van der Waals surface area contributed by atoms with E-state index in [2.05, 4.69) is 5.16 Å². The molecular formula is C14H15NO5. The van der Waals surface area contributed by atoms with Crippen molar-refractivity contribution < 1.29 is 23.5 Å². The van der Waals surface area contributed by atoms with Gasteiger partial charge in [0, 0.05) is 12.5 Å². The molecule has 0 spiro atoms. The van der Waals surface area contributed by atoms with Crippen LogP contribution < -0.4 is 0 Å². The third kappa shape index (κ3) is 4.10. The predicted molar refractivity (Wildman–Crippen MR) is 72.6 cm³/mol. The lowest BCUT2D eigenvalue weighted by Crippen LogP contribution is -2.14. The van der Waals surface area contributed by atoms with E-state index in [1.165, 1.54) is 13.3 Å². The molecule has 1 aromatic carbocycles. The van der Waals surface area contributed by atoms with Crippen LogP contribution in [0.1, 0.15) is 5.76 Å². The van der Waals surface area contributed by atoms with Gasteiger partial charge in [-0.15, -0.1) is 0 Å². The van der Waals surface area contributed by atoms with Gasteiger partial charge in [0.25, 0.3) is 0 Å². The van der Waals surface area contributed by atoms with E-state index in [0.29, 0.717) is 12.4 Å². The monoisotopic (exact) mass is 277 g/mol. The molecule has 20 heavy (non-hydrogen) atoms. The Balaban J connectivity index is 1.77. The summed E-state index contributed by atoms with van der Waals surface area (Å²) < 4.78 is 15.0. The standard InChI is InChI=1S/C14H15NO5/c1-17-6-7-18-14(16)10-19-15-9-12-8-11-4-2-3-5-13(11)20-12/h2-5,8-9H,6-7,10H2,1H3/b15-9+. The van der Waals surface area contributed by atoms with Crippen molar-refractivity contribution in [1.82, 2.24) is 0 Å². The number of nitrogens with zero attached hydrogens (tertiary/aromatic N) is 1. The molecule has 0 aliphatic heterocycles. The molecule has 6 heteroatoms. The molecule has 1 aromatic heterocycles. The van der Waals surface area contributed by atoms with Crippen molar-refractivity contribution in [2.24, 2.45) is 5.16 Å². The molecule has 0 N–H and O–H groups in total. The van der Waals surface area contributed by atoms with Crippen LogP contribution in [-0.4, -0.2) is 39.1 Å². The van der Waals surface area contributed by atoms with Crippen LogP contribution in [-0.2, 0) is 19.1 Å². The van der Waals surface area contributed by atoms with Gasteiger partial charge in [0.15, 0.2) is 0 Å². The van der Waals surface area contributed by atoms with Gasteiger partial charge < -0.3 is 18.7 Å². The Kier molecular flexibility index (Phi) is 5.14. The number of carbonyl (C=O) groups is 1. The molecular weight excluding hydrogens is 262 g/mol. The minimum absolute atomic E-state index is 0.200. The number of hydrogen-bond acceptors (Lipinski definition) is 6. The van der Waals surface area contributed by atoms with Crippen LogP contribution in [0.4, 0.5) is 0 Å². The zero-order chi connectivity index (χ0) is 14.2. The number of ether oxygens (including phenoxy) is 2. The Labute approximate surface area is 115 Å². The average molecular weight is 277 g/mol. The summed E-state index contributed by atoms with van der Waals surface area (Å²) in [6.07, 6.45) is 1.41. The van der Waals surface area contributed by atoms with Crippen LogP contribution in [0.25, 0.3) is 11.0 Å². The molecule has 6 nitrogen and oxygen atoms in total. The van der Waals surface area contributed by atoms with Gasteiger partial charge in [0.1, 0.15) is 24.2 Å². The largest absolute Gasteiger partial charge is 0.461 e. The minimum Gasteiger partial charge on any atom is -0.461 e. The second kappa shape index (κ2) is 7.30. The zero-order valence-corrected chi connectivity index (χ0v) is 11.1. The fourth-order valence-corrected chi connectivity index (χ4v) is 1.53. The summed E-state index contributed by atoms with van der Waals surface area (Å²) in [5, 5.41) is 4.63. The van der Waals surface area contributed by atoms with Gasteiger partial charge in [0.05, 0.1) is 6.61 Å². The Bertz CT molecular complexity index is 557. The molecule has 0 aliphatic rings. The van der Waals surface area contributed by atoms with Crippen molar-refractivity contribution in [3.05, 3.63) is 36.1 Å². The lowest BCUT2D eigenvalue weighted by atomic mass is 10.2. The topological polar surface area (TPSA) is 70.3 Å². The molecule has 2 rings (SSSR count). The number of furan rings is 1. The molecule has 1 heterocycles. The number of oxime groups is 1. The Hall–Kier alpha value is -2.34. The highest BCUT2D eigenvalue weighted by Crippen LogP contribution is 2.17. The van der Waals surface area contributed by atoms with Crippen LogP contribution in [0.15, 0.2) is 39.9 Å². The third-order valence-electron chi connectivity index (χ3n) is 2.43. The molecule has 0 bridgehead atoms. The van der Waals surface area contributed by atoms with Gasteiger partial charge in [-0.05, 0) is 12.1 Å². The summed E-state index contributed by atoms with van der Waals surface area (Å²) in [5.74, 6) is 0.0581. The summed E-state index contributed by atoms with van der Waals surface area (Å²) in [5.41, 5.74) is 0.771. The Morgan fingerprint density at radius 3 is 3.00 bits per heavy atom. The van der Waals surface area contributed by atoms with Crippen LogP contribution in [0.2, 0.25) is 0 Å². The molecule has 106 valence electrons. The van der Waals surface area contributed by atoms with E-state index in [1.54, 1.807) is 0 Å². The number of methoxy groups -OCH3 is 1. The van der Waals surface area contributed by atoms with Crippen LogP contribution in [0, 0.1) is 0 Å². The van der Waals surface area contributed by atoms with Crippen molar-refractivity contribution in [1.29, 1.82) is 0 Å². The SMILES string of the molecule is COCCOC(=O)CO/N=C/c1cc2ccccc2o1. The summed E-state index contributed by atoms with van der Waals surface area (Å²) >= 11 is 0. The van der Waals surface area contributed by atoms with Gasteiger partial charge in [-0.2, -0.15) is 0 Å². The van der Waals surface area contributed by atoms with Crippen molar-refractivity contribution in [2.45, 2.75) is 0 Å². The molecule has 0 fully saturated rings. The van der Waals surface area contributed by atoms with E-state index in [9.17, 15) is 4.79 Å². The molecule has 2 aromatic rings. The van der Waals surface area contributed by atoms with Crippen molar-refractivity contribution >= 4 is 23.2 Å². The number of carbonyl (C=O) groups excluding carboxylic acids is 1. The van der Waals surface area contributed by atoms with E-state index in [4.69, 9.17) is 18.7 Å². The highest BCUT2D eigenvalue weighted by Gasteiger charge is 2.03. The smallest absolute Gasteiger partial charge is 0.347 e. The highest BCUT2D eigenvalue weighted by molar-refractivity contribution is 5.86. The van der Waals surface area contributed by atoms with E-state index in [0.717, 1.165) is 11.0 Å². The van der Waals surface area contributed by atoms with Crippen LogP contribution in [0.5, 0.6) is 0 Å². The van der Waals surface area contributed by atoms with Crippen LogP contribution >= 0.6 is 0 Å². The van der Waals surface area contributed by atoms with E-state index < -0.39 is 5.97 Å². The normalized spacial score (nSPS) is 11.1. The Morgan fingerprint density at radius 2 is 2.20 bits per heavy atom. The first-order chi connectivity index (χ1) is 9.79. The molecule has 0 aliphatic carbocycles. The molecule has 0 amide bonds. The third-order valence-corrected chi connectivity index (χ3v) is 2.43. The van der Waals surface area contributed by atoms with Crippen LogP contribution in [0.3, 0.4) is 0 Å². The first-order valence-electron chi connectivity index (χ1n) is 6.08. The molecule has 0 radical (unpaired) electrons. The van der Waals surface area contributed by atoms with E-state index >= 15 is 0 Å². The fraction of sp³-hybridized carbons (Fsp3) is 0.286. The maximum absolute atomic E-state index is 11.2. The average Bonchev–Trinajstić information content (AvgIpc) is 2.86. The number of esters is 1. The number of para-hydroxylation sites is 1. The summed E-state index contributed by atoms with van der Waals surface area (Å²) in [4.78, 5) is 16.0. The van der Waals surface area contributed by atoms with Gasteiger partial charge >= 0.3 is 5.97 Å². The lowest BCUT2D eigenvalue weighted by Gasteiger charge is -2.02. The van der Waals surface area contributed by atoms with E-state index in [1.807, 2.05) is 30.3 Å². The van der Waals surface area contributed by atoms with Gasteiger partial charge in [-0.25, -0.2) is 4.79 Å². The quantitative estimate of drug-likeness (QED) is 0.335. The van der Waals surface area contributed by atoms with Crippen molar-refractivity contribution in [2.75, 3.05) is 26.9 Å². The van der Waals surface area contributed by atoms with Crippen molar-refractivity contribution in [3.8, 4) is 0 Å². The molecule has 0 unspecified atom stereocenters. The second-order valence-electron chi connectivity index (χ2n) is 3.91. The number of hydrogen-bond donors (Lipinski definition) is 0. The maximum atomic E-state index is 11.2. The fourth-order valence-electron chi connectivity index (χ4n) is 1.53. The summed E-state index contributed by atoms with van der Waals surface area (Å²) in [6.45, 7) is 0.306. The maximum Gasteiger partial charge on any atom is 0.347 e. The van der Waals surface area contributed by atoms with Gasteiger partial charge in [-0.3, -0.25) is 0 Å². The van der Waals surface area contributed by atoms with E-state index in [-0.39, 0.29) is 13.2 Å². The molecule has 0 atom stereocenters. The first-order valence-corrected chi connectivity index (χ1v) is 6.08.